The molecular weight excluding hydrogens is 442 g/mol. The van der Waals surface area contributed by atoms with E-state index in [0.717, 1.165) is 39.5 Å². The summed E-state index contributed by atoms with van der Waals surface area (Å²) in [4.78, 5) is 4.82. The average molecular weight is 459 g/mol. The van der Waals surface area contributed by atoms with Gasteiger partial charge in [0, 0.05) is 40.8 Å². The minimum Gasteiger partial charge on any atom is -0.333 e. The molecule has 0 spiro atoms. The maximum absolute atomic E-state index is 13.5. The molecule has 0 atom stereocenters. The number of pyridine rings is 1. The molecule has 3 nitrogen and oxygen atoms in total. The normalized spacial score (nSPS) is 12.2. The monoisotopic (exact) mass is 459 g/mol. The summed E-state index contributed by atoms with van der Waals surface area (Å²) in [6.45, 7) is 0.520. The quantitative estimate of drug-likeness (QED) is 0.254. The van der Waals surface area contributed by atoms with Gasteiger partial charge in [0.15, 0.2) is 5.65 Å². The van der Waals surface area contributed by atoms with E-state index in [1.807, 2.05) is 41.1 Å². The fourth-order valence-electron chi connectivity index (χ4n) is 4.48. The lowest BCUT2D eigenvalue weighted by atomic mass is 10.1. The Morgan fingerprint density at radius 1 is 0.794 bits per heavy atom. The van der Waals surface area contributed by atoms with Crippen molar-refractivity contribution in [3.63, 3.8) is 0 Å². The zero-order chi connectivity index (χ0) is 23.4. The Bertz CT molecular complexity index is 1660. The van der Waals surface area contributed by atoms with Crippen molar-refractivity contribution >= 4 is 27.5 Å². The minimum absolute atomic E-state index is 0.289. The highest BCUT2D eigenvalue weighted by molar-refractivity contribution is 6.12. The predicted octanol–water partition coefficient (Wildman–Crippen LogP) is 7.32. The molecule has 6 rings (SSSR count). The molecule has 0 aliphatic rings. The van der Waals surface area contributed by atoms with Crippen LogP contribution < -0.4 is 0 Å². The third-order valence-corrected chi connectivity index (χ3v) is 6.12. The van der Waals surface area contributed by atoms with Crippen molar-refractivity contribution in [2.24, 2.45) is 0 Å². The van der Waals surface area contributed by atoms with E-state index in [-0.39, 0.29) is 5.82 Å². The number of aromatic nitrogens is 3. The number of imidazole rings is 1. The van der Waals surface area contributed by atoms with Crippen LogP contribution in [-0.2, 0) is 12.7 Å². The molecule has 0 saturated carbocycles. The molecule has 0 amide bonds. The zero-order valence-electron chi connectivity index (χ0n) is 17.7. The van der Waals surface area contributed by atoms with Crippen LogP contribution in [0, 0.1) is 5.82 Å². The van der Waals surface area contributed by atoms with Crippen LogP contribution in [0.2, 0.25) is 0 Å². The van der Waals surface area contributed by atoms with Crippen molar-refractivity contribution in [3.05, 3.63) is 108 Å². The summed E-state index contributed by atoms with van der Waals surface area (Å²) in [5.74, 6) is -0.289. The average Bonchev–Trinajstić information content (AvgIpc) is 3.40. The number of alkyl halides is 3. The molecule has 0 bridgehead atoms. The number of para-hydroxylation sites is 1. The molecule has 3 aromatic carbocycles. The highest BCUT2D eigenvalue weighted by Gasteiger charge is 2.30. The van der Waals surface area contributed by atoms with Crippen LogP contribution in [0.5, 0.6) is 0 Å². The van der Waals surface area contributed by atoms with Crippen LogP contribution in [0.25, 0.3) is 38.7 Å². The van der Waals surface area contributed by atoms with Gasteiger partial charge >= 0.3 is 6.18 Å². The lowest BCUT2D eigenvalue weighted by molar-refractivity contribution is -0.137. The van der Waals surface area contributed by atoms with Crippen molar-refractivity contribution in [2.45, 2.75) is 12.7 Å². The molecule has 0 aliphatic carbocycles. The molecule has 3 heterocycles. The lowest BCUT2D eigenvalue weighted by Gasteiger charge is -2.08. The van der Waals surface area contributed by atoms with Gasteiger partial charge in [-0.1, -0.05) is 42.5 Å². The number of benzene rings is 3. The maximum Gasteiger partial charge on any atom is 0.416 e. The first-order valence-electron chi connectivity index (χ1n) is 10.7. The second-order valence-electron chi connectivity index (χ2n) is 8.24. The first-order valence-corrected chi connectivity index (χ1v) is 10.7. The molecule has 0 saturated heterocycles. The minimum atomic E-state index is -4.38. The fourth-order valence-corrected chi connectivity index (χ4v) is 4.48. The molecule has 6 aromatic rings. The summed E-state index contributed by atoms with van der Waals surface area (Å²) in [6, 6.07) is 21.5. The van der Waals surface area contributed by atoms with E-state index < -0.39 is 11.7 Å². The Morgan fingerprint density at radius 3 is 2.26 bits per heavy atom. The Kier molecular flexibility index (Phi) is 4.49. The van der Waals surface area contributed by atoms with Crippen LogP contribution in [0.4, 0.5) is 17.6 Å². The Balaban J connectivity index is 1.55. The van der Waals surface area contributed by atoms with Crippen molar-refractivity contribution in [3.8, 4) is 11.3 Å². The van der Waals surface area contributed by atoms with Crippen LogP contribution in [-0.4, -0.2) is 14.0 Å². The van der Waals surface area contributed by atoms with Crippen molar-refractivity contribution in [1.29, 1.82) is 0 Å². The van der Waals surface area contributed by atoms with Gasteiger partial charge in [0.05, 0.1) is 16.8 Å². The first-order chi connectivity index (χ1) is 16.4. The highest BCUT2D eigenvalue weighted by atomic mass is 19.4. The first kappa shape index (κ1) is 20.5. The van der Waals surface area contributed by atoms with Crippen molar-refractivity contribution in [1.82, 2.24) is 14.0 Å². The lowest BCUT2D eigenvalue weighted by Crippen LogP contribution is -2.03. The van der Waals surface area contributed by atoms with Gasteiger partial charge in [-0.3, -0.25) is 0 Å². The summed E-state index contributed by atoms with van der Waals surface area (Å²) >= 11 is 0. The summed E-state index contributed by atoms with van der Waals surface area (Å²) in [7, 11) is 0. The van der Waals surface area contributed by atoms with E-state index in [9.17, 15) is 17.6 Å². The molecule has 0 unspecified atom stereocenters. The van der Waals surface area contributed by atoms with Gasteiger partial charge in [-0.05, 0) is 42.0 Å². The number of hydrogen-bond donors (Lipinski definition) is 0. The Labute approximate surface area is 191 Å². The zero-order valence-corrected chi connectivity index (χ0v) is 17.7. The number of fused-ring (bicyclic) bond motifs is 5. The van der Waals surface area contributed by atoms with Crippen molar-refractivity contribution in [2.75, 3.05) is 0 Å². The molecule has 0 aliphatic heterocycles. The van der Waals surface area contributed by atoms with Gasteiger partial charge in [-0.2, -0.15) is 13.2 Å². The van der Waals surface area contributed by atoms with Gasteiger partial charge in [0.2, 0.25) is 0 Å². The summed E-state index contributed by atoms with van der Waals surface area (Å²) < 4.78 is 56.4. The Hall–Kier alpha value is -4.13. The molecule has 168 valence electrons. The smallest absolute Gasteiger partial charge is 0.333 e. The van der Waals surface area contributed by atoms with Gasteiger partial charge < -0.3 is 8.97 Å². The van der Waals surface area contributed by atoms with Crippen LogP contribution >= 0.6 is 0 Å². The van der Waals surface area contributed by atoms with E-state index in [1.165, 1.54) is 24.3 Å². The predicted molar refractivity (Wildman–Crippen MR) is 124 cm³/mol. The van der Waals surface area contributed by atoms with Crippen LogP contribution in [0.15, 0.2) is 91.3 Å². The van der Waals surface area contributed by atoms with E-state index in [2.05, 4.69) is 10.6 Å². The number of rotatable bonds is 3. The molecule has 7 heteroatoms. The van der Waals surface area contributed by atoms with Gasteiger partial charge in [0.1, 0.15) is 5.82 Å². The molecule has 0 N–H and O–H groups in total. The standard InChI is InChI=1S/C27H17F4N3/c28-20-11-5-17(6-12-20)15-34-24-4-2-1-3-21(24)22-13-14-33-16-23(32-26(33)25(22)34)18-7-9-19(10-8-18)27(29,30)31/h1-14,16H,15H2. The number of hydrogen-bond acceptors (Lipinski definition) is 1. The second kappa shape index (κ2) is 7.45. The van der Waals surface area contributed by atoms with E-state index in [1.54, 1.807) is 12.1 Å². The number of halogens is 4. The van der Waals surface area contributed by atoms with E-state index in [4.69, 9.17) is 4.98 Å². The molecule has 3 aromatic heterocycles. The number of nitrogens with zero attached hydrogens (tertiary/aromatic N) is 3. The highest BCUT2D eigenvalue weighted by Crippen LogP contribution is 2.34. The van der Waals surface area contributed by atoms with Gasteiger partial charge in [-0.15, -0.1) is 0 Å². The summed E-state index contributed by atoms with van der Waals surface area (Å²) in [6.07, 6.45) is -0.658. The fraction of sp³-hybridized carbons (Fsp3) is 0.0741. The van der Waals surface area contributed by atoms with Gasteiger partial charge in [0.25, 0.3) is 0 Å². The van der Waals surface area contributed by atoms with Crippen LogP contribution in [0.3, 0.4) is 0 Å². The third-order valence-electron chi connectivity index (χ3n) is 6.12. The summed E-state index contributed by atoms with van der Waals surface area (Å²) in [5, 5.41) is 2.09. The SMILES string of the molecule is Fc1ccc(Cn2c3ccccc3c3ccn4cc(-c5ccc(C(F)(F)F)cc5)nc4c32)cc1. The van der Waals surface area contributed by atoms with Crippen molar-refractivity contribution < 1.29 is 17.6 Å². The molecular formula is C27H17F4N3. The largest absolute Gasteiger partial charge is 0.416 e. The molecule has 0 fully saturated rings. The van der Waals surface area contributed by atoms with E-state index in [0.29, 0.717) is 23.4 Å². The Morgan fingerprint density at radius 2 is 1.53 bits per heavy atom. The molecule has 34 heavy (non-hydrogen) atoms. The summed E-state index contributed by atoms with van der Waals surface area (Å²) in [5.41, 5.74) is 4.07. The topological polar surface area (TPSA) is 22.2 Å². The third kappa shape index (κ3) is 3.32. The van der Waals surface area contributed by atoms with E-state index >= 15 is 0 Å². The van der Waals surface area contributed by atoms with Gasteiger partial charge in [-0.25, -0.2) is 9.37 Å². The van der Waals surface area contributed by atoms with Crippen LogP contribution in [0.1, 0.15) is 11.1 Å². The maximum atomic E-state index is 13.5. The second-order valence-corrected chi connectivity index (χ2v) is 8.24. The molecule has 0 radical (unpaired) electrons.